The second-order valence-electron chi connectivity index (χ2n) is 4.82. The number of carbonyl (C=O) groups excluding carboxylic acids is 1. The fraction of sp³-hybridized carbons (Fsp3) is 0.312. The first-order valence-corrected chi connectivity index (χ1v) is 7.52. The molecule has 0 N–H and O–H groups in total. The monoisotopic (exact) mass is 289 g/mol. The van der Waals surface area contributed by atoms with Crippen molar-refractivity contribution in [1.82, 2.24) is 4.90 Å². The summed E-state index contributed by atoms with van der Waals surface area (Å²) in [6.45, 7) is 4.47. The quantitative estimate of drug-likeness (QED) is 0.788. The van der Waals surface area contributed by atoms with Gasteiger partial charge in [0.05, 0.1) is 12.3 Å². The Balaban J connectivity index is 1.87. The van der Waals surface area contributed by atoms with Crippen LogP contribution < -0.4 is 0 Å². The minimum atomic E-state index is 0.104. The van der Waals surface area contributed by atoms with E-state index in [-0.39, 0.29) is 5.91 Å². The molecule has 0 saturated carbocycles. The van der Waals surface area contributed by atoms with Crippen LogP contribution in [0.15, 0.2) is 45.7 Å². The van der Waals surface area contributed by atoms with E-state index in [9.17, 15) is 4.79 Å². The lowest BCUT2D eigenvalue weighted by molar-refractivity contribution is -0.127. The van der Waals surface area contributed by atoms with Gasteiger partial charge < -0.3 is 9.32 Å². The molecule has 0 aliphatic heterocycles. The van der Waals surface area contributed by atoms with Gasteiger partial charge in [0.2, 0.25) is 5.91 Å². The summed E-state index contributed by atoms with van der Waals surface area (Å²) in [6.07, 6.45) is 0. The standard InChI is InChI=1S/C16H19NO2S/c1-12-6-4-5-7-15(12)20-11-16(18)17(3)10-14-9-8-13(2)19-14/h4-9H,10-11H2,1-3H3. The second kappa shape index (κ2) is 6.66. The molecule has 106 valence electrons. The minimum Gasteiger partial charge on any atom is -0.464 e. The van der Waals surface area contributed by atoms with E-state index in [1.807, 2.05) is 37.3 Å². The zero-order valence-electron chi connectivity index (χ0n) is 12.1. The number of thioether (sulfide) groups is 1. The van der Waals surface area contributed by atoms with Crippen LogP contribution in [0.3, 0.4) is 0 Å². The molecule has 1 aromatic heterocycles. The highest BCUT2D eigenvalue weighted by Gasteiger charge is 2.12. The van der Waals surface area contributed by atoms with E-state index in [1.54, 1.807) is 23.7 Å². The molecule has 0 bridgehead atoms. The van der Waals surface area contributed by atoms with Gasteiger partial charge in [-0.1, -0.05) is 18.2 Å². The Bertz CT molecular complexity index is 592. The Hall–Kier alpha value is -1.68. The van der Waals surface area contributed by atoms with E-state index in [0.717, 1.165) is 16.4 Å². The fourth-order valence-corrected chi connectivity index (χ4v) is 2.83. The molecule has 0 radical (unpaired) electrons. The lowest BCUT2D eigenvalue weighted by Gasteiger charge is -2.15. The highest BCUT2D eigenvalue weighted by Crippen LogP contribution is 2.22. The maximum Gasteiger partial charge on any atom is 0.233 e. The van der Waals surface area contributed by atoms with E-state index in [4.69, 9.17) is 4.42 Å². The van der Waals surface area contributed by atoms with Gasteiger partial charge in [0.1, 0.15) is 11.5 Å². The van der Waals surface area contributed by atoms with E-state index in [1.165, 1.54) is 5.56 Å². The molecular formula is C16H19NO2S. The van der Waals surface area contributed by atoms with Crippen molar-refractivity contribution >= 4 is 17.7 Å². The van der Waals surface area contributed by atoms with Crippen LogP contribution in [0.5, 0.6) is 0 Å². The predicted molar refractivity (Wildman–Crippen MR) is 81.8 cm³/mol. The van der Waals surface area contributed by atoms with Crippen molar-refractivity contribution in [1.29, 1.82) is 0 Å². The van der Waals surface area contributed by atoms with Crippen molar-refractivity contribution < 1.29 is 9.21 Å². The second-order valence-corrected chi connectivity index (χ2v) is 5.83. The van der Waals surface area contributed by atoms with E-state index >= 15 is 0 Å². The van der Waals surface area contributed by atoms with E-state index in [0.29, 0.717) is 12.3 Å². The third-order valence-corrected chi connectivity index (χ3v) is 4.22. The first-order valence-electron chi connectivity index (χ1n) is 6.54. The largest absolute Gasteiger partial charge is 0.464 e. The topological polar surface area (TPSA) is 33.5 Å². The summed E-state index contributed by atoms with van der Waals surface area (Å²) in [5, 5.41) is 0. The third kappa shape index (κ3) is 3.90. The number of carbonyl (C=O) groups is 1. The minimum absolute atomic E-state index is 0.104. The zero-order chi connectivity index (χ0) is 14.5. The predicted octanol–water partition coefficient (Wildman–Crippen LogP) is 3.65. The Morgan fingerprint density at radius 2 is 1.95 bits per heavy atom. The molecule has 0 fully saturated rings. The number of rotatable bonds is 5. The average molecular weight is 289 g/mol. The number of hydrogen-bond acceptors (Lipinski definition) is 3. The number of aryl methyl sites for hydroxylation is 2. The lowest BCUT2D eigenvalue weighted by Crippen LogP contribution is -2.27. The van der Waals surface area contributed by atoms with Crippen LogP contribution in [0.1, 0.15) is 17.1 Å². The van der Waals surface area contributed by atoms with Crippen LogP contribution in [0.25, 0.3) is 0 Å². The van der Waals surface area contributed by atoms with Crippen LogP contribution in [-0.2, 0) is 11.3 Å². The lowest BCUT2D eigenvalue weighted by atomic mass is 10.2. The molecule has 0 aliphatic rings. The molecule has 1 aromatic carbocycles. The summed E-state index contributed by atoms with van der Waals surface area (Å²) in [5.41, 5.74) is 1.20. The molecule has 0 spiro atoms. The maximum atomic E-state index is 12.1. The Labute approximate surface area is 124 Å². The molecule has 1 heterocycles. The fourth-order valence-electron chi connectivity index (χ4n) is 1.86. The maximum absolute atomic E-state index is 12.1. The van der Waals surface area contributed by atoms with Gasteiger partial charge in [-0.05, 0) is 37.6 Å². The third-order valence-electron chi connectivity index (χ3n) is 3.06. The van der Waals surface area contributed by atoms with Crippen LogP contribution in [0, 0.1) is 13.8 Å². The molecule has 0 unspecified atom stereocenters. The van der Waals surface area contributed by atoms with Gasteiger partial charge in [-0.15, -0.1) is 11.8 Å². The summed E-state index contributed by atoms with van der Waals surface area (Å²) >= 11 is 1.58. The smallest absolute Gasteiger partial charge is 0.233 e. The number of benzene rings is 1. The molecule has 0 aliphatic carbocycles. The summed E-state index contributed by atoms with van der Waals surface area (Å²) in [4.78, 5) is 15.0. The van der Waals surface area contributed by atoms with Crippen molar-refractivity contribution in [3.63, 3.8) is 0 Å². The summed E-state index contributed by atoms with van der Waals surface area (Å²) in [5.74, 6) is 2.24. The number of hydrogen-bond donors (Lipinski definition) is 0. The SMILES string of the molecule is Cc1ccc(CN(C)C(=O)CSc2ccccc2C)o1. The molecule has 4 heteroatoms. The molecule has 0 atom stereocenters. The van der Waals surface area contributed by atoms with Crippen molar-refractivity contribution in [2.24, 2.45) is 0 Å². The number of nitrogens with zero attached hydrogens (tertiary/aromatic N) is 1. The molecule has 2 aromatic rings. The highest BCUT2D eigenvalue weighted by atomic mass is 32.2. The first-order chi connectivity index (χ1) is 9.56. The molecule has 2 rings (SSSR count). The summed E-state index contributed by atoms with van der Waals surface area (Å²) in [7, 11) is 1.80. The van der Waals surface area contributed by atoms with Gasteiger partial charge in [-0.25, -0.2) is 0 Å². The summed E-state index contributed by atoms with van der Waals surface area (Å²) in [6, 6.07) is 11.9. The molecular weight excluding hydrogens is 270 g/mol. The van der Waals surface area contributed by atoms with Crippen LogP contribution in [0.2, 0.25) is 0 Å². The van der Waals surface area contributed by atoms with Gasteiger partial charge in [0, 0.05) is 11.9 Å². The summed E-state index contributed by atoms with van der Waals surface area (Å²) < 4.78 is 5.49. The van der Waals surface area contributed by atoms with E-state index < -0.39 is 0 Å². The van der Waals surface area contributed by atoms with Crippen molar-refractivity contribution in [3.8, 4) is 0 Å². The van der Waals surface area contributed by atoms with Crippen LogP contribution in [0.4, 0.5) is 0 Å². The van der Waals surface area contributed by atoms with Crippen molar-refractivity contribution in [2.75, 3.05) is 12.8 Å². The Morgan fingerprint density at radius 3 is 2.60 bits per heavy atom. The van der Waals surface area contributed by atoms with E-state index in [2.05, 4.69) is 13.0 Å². The average Bonchev–Trinajstić information content (AvgIpc) is 2.82. The number of furan rings is 1. The number of amides is 1. The molecule has 0 saturated heterocycles. The van der Waals surface area contributed by atoms with Gasteiger partial charge in [0.15, 0.2) is 0 Å². The molecule has 1 amide bonds. The Morgan fingerprint density at radius 1 is 1.20 bits per heavy atom. The first kappa shape index (κ1) is 14.7. The van der Waals surface area contributed by atoms with Gasteiger partial charge in [-0.3, -0.25) is 4.79 Å². The van der Waals surface area contributed by atoms with Gasteiger partial charge in [0.25, 0.3) is 0 Å². The molecule has 20 heavy (non-hydrogen) atoms. The zero-order valence-corrected chi connectivity index (χ0v) is 12.9. The van der Waals surface area contributed by atoms with Crippen LogP contribution >= 0.6 is 11.8 Å². The normalized spacial score (nSPS) is 10.6. The van der Waals surface area contributed by atoms with Gasteiger partial charge in [-0.2, -0.15) is 0 Å². The van der Waals surface area contributed by atoms with Crippen molar-refractivity contribution in [3.05, 3.63) is 53.5 Å². The van der Waals surface area contributed by atoms with Gasteiger partial charge >= 0.3 is 0 Å². The van der Waals surface area contributed by atoms with Crippen molar-refractivity contribution in [2.45, 2.75) is 25.3 Å². The highest BCUT2D eigenvalue weighted by molar-refractivity contribution is 8.00. The van der Waals surface area contributed by atoms with Crippen LogP contribution in [-0.4, -0.2) is 23.6 Å². The Kier molecular flexibility index (Phi) is 4.90. The molecule has 3 nitrogen and oxygen atoms in total.